The van der Waals surface area contributed by atoms with E-state index < -0.39 is 66.4 Å². The molecule has 1 aliphatic heterocycles. The Kier molecular flexibility index (Phi) is 30.1. The van der Waals surface area contributed by atoms with Crippen molar-refractivity contribution in [3.63, 3.8) is 0 Å². The van der Waals surface area contributed by atoms with Crippen LogP contribution in [0, 0.1) is 17.2 Å². The lowest BCUT2D eigenvalue weighted by atomic mass is 10.1. The Hall–Kier alpha value is -4.11. The van der Waals surface area contributed by atoms with E-state index in [0.29, 0.717) is 31.7 Å². The third kappa shape index (κ3) is 34.4. The summed E-state index contributed by atoms with van der Waals surface area (Å²) in [4.78, 5) is 60.1. The number of nitrogens with one attached hydrogen (secondary N) is 3. The number of aliphatic carboxylic acids is 6. The third-order valence-electron chi connectivity index (χ3n) is 5.44. The van der Waals surface area contributed by atoms with Crippen LogP contribution in [-0.4, -0.2) is 116 Å². The zero-order valence-electron chi connectivity index (χ0n) is 26.7. The molecular weight excluding hydrogens is 616 g/mol. The van der Waals surface area contributed by atoms with Crippen molar-refractivity contribution in [3.05, 3.63) is 0 Å². The van der Waals surface area contributed by atoms with Crippen LogP contribution >= 0.6 is 0 Å². The summed E-state index contributed by atoms with van der Waals surface area (Å²) >= 11 is 0. The van der Waals surface area contributed by atoms with E-state index in [1.54, 1.807) is 13.8 Å². The molecule has 20 heteroatoms. The summed E-state index contributed by atoms with van der Waals surface area (Å²) in [6.45, 7) is 8.79. The molecule has 46 heavy (non-hydrogen) atoms. The number of carboxylic acid groups (broad SMARTS) is 6. The SMILES string of the molecule is CC(C)C(N)C(=O)O.CC(C)CC(N)C(=O)O.N=C(N)NCCCC(N)C(=O)O.NC(CC(=O)O)C(=O)O.O=C(O)[C@@H]1CCCN1. The predicted molar refractivity (Wildman–Crippen MR) is 167 cm³/mol. The fourth-order valence-corrected chi connectivity index (χ4v) is 2.73. The quantitative estimate of drug-likeness (QED) is 0.0532. The molecule has 1 fully saturated rings. The van der Waals surface area contributed by atoms with Crippen LogP contribution in [0.1, 0.15) is 66.2 Å². The first-order chi connectivity index (χ1) is 21.0. The van der Waals surface area contributed by atoms with Crippen LogP contribution in [-0.2, 0) is 28.8 Å². The maximum absolute atomic E-state index is 10.2. The van der Waals surface area contributed by atoms with Crippen molar-refractivity contribution in [1.82, 2.24) is 10.6 Å². The molecular formula is C26H54N8O12. The molecule has 0 aliphatic carbocycles. The largest absolute Gasteiger partial charge is 0.481 e. The summed E-state index contributed by atoms with van der Waals surface area (Å²) < 4.78 is 0. The molecule has 0 bridgehead atoms. The fraction of sp³-hybridized carbons (Fsp3) is 0.731. The van der Waals surface area contributed by atoms with Gasteiger partial charge in [-0.1, -0.05) is 27.7 Å². The Bertz CT molecular complexity index is 919. The smallest absolute Gasteiger partial charge is 0.321 e. The average Bonchev–Trinajstić information content (AvgIpc) is 3.46. The van der Waals surface area contributed by atoms with Crippen LogP contribution in [0.4, 0.5) is 0 Å². The molecule has 1 saturated heterocycles. The van der Waals surface area contributed by atoms with Crippen LogP contribution in [0.25, 0.3) is 0 Å². The van der Waals surface area contributed by atoms with Crippen molar-refractivity contribution in [2.24, 2.45) is 40.5 Å². The number of carboxylic acids is 6. The van der Waals surface area contributed by atoms with E-state index >= 15 is 0 Å². The lowest BCUT2D eigenvalue weighted by Gasteiger charge is -2.07. The van der Waals surface area contributed by atoms with E-state index in [-0.39, 0.29) is 17.9 Å². The first-order valence-electron chi connectivity index (χ1n) is 14.2. The van der Waals surface area contributed by atoms with Gasteiger partial charge in [0, 0.05) is 6.54 Å². The van der Waals surface area contributed by atoms with Crippen molar-refractivity contribution < 1.29 is 59.4 Å². The Morgan fingerprint density at radius 1 is 0.804 bits per heavy atom. The van der Waals surface area contributed by atoms with Gasteiger partial charge in [0.15, 0.2) is 5.96 Å². The van der Waals surface area contributed by atoms with Gasteiger partial charge >= 0.3 is 35.8 Å². The Morgan fingerprint density at radius 3 is 1.48 bits per heavy atom. The Balaban J connectivity index is -0.000000242. The highest BCUT2D eigenvalue weighted by molar-refractivity contribution is 5.80. The molecule has 0 aromatic carbocycles. The minimum Gasteiger partial charge on any atom is -0.481 e. The van der Waals surface area contributed by atoms with Gasteiger partial charge < -0.3 is 69.9 Å². The van der Waals surface area contributed by atoms with E-state index in [1.807, 2.05) is 13.8 Å². The zero-order valence-corrected chi connectivity index (χ0v) is 26.7. The maximum atomic E-state index is 10.2. The first kappa shape index (κ1) is 48.8. The Morgan fingerprint density at radius 2 is 1.28 bits per heavy atom. The minimum absolute atomic E-state index is 0.0208. The summed E-state index contributed by atoms with van der Waals surface area (Å²) in [5, 5.41) is 61.5. The molecule has 0 spiro atoms. The second kappa shape index (κ2) is 28.4. The Labute approximate surface area is 267 Å². The molecule has 1 rings (SSSR count). The highest BCUT2D eigenvalue weighted by Crippen LogP contribution is 2.03. The topological polar surface area (TPSA) is 402 Å². The normalized spacial score (nSPS) is 15.7. The van der Waals surface area contributed by atoms with E-state index in [0.717, 1.165) is 19.4 Å². The van der Waals surface area contributed by atoms with Gasteiger partial charge in [0.05, 0.1) is 6.42 Å². The fourth-order valence-electron chi connectivity index (χ4n) is 2.73. The second-order valence-corrected chi connectivity index (χ2v) is 10.6. The van der Waals surface area contributed by atoms with E-state index in [1.165, 1.54) is 0 Å². The predicted octanol–water partition coefficient (Wildman–Crippen LogP) is -2.14. The molecule has 270 valence electrons. The maximum Gasteiger partial charge on any atom is 0.321 e. The molecule has 0 radical (unpaired) electrons. The lowest BCUT2D eigenvalue weighted by molar-refractivity contribution is -0.144. The van der Waals surface area contributed by atoms with Crippen LogP contribution in [0.5, 0.6) is 0 Å². The standard InChI is InChI=1S/C6H14N4O2.C6H13NO2.C5H9NO2.C5H11NO2.C4H7NO4/c7-4(5(11)12)2-1-3-10-6(8)9;1-4(2)3-5(7)6(8)9;7-5(8)4-2-1-3-6-4;1-3(2)4(6)5(7)8;5-2(4(8)9)1-3(6)7/h4H,1-3,7H2,(H,11,12)(H4,8,9,10);4-5H,3,7H2,1-2H3,(H,8,9);4,6H,1-3H2,(H,7,8);3-4H,6H2,1-2H3,(H,7,8);2H,1,5H2,(H,6,7)(H,8,9)/t;;4-;;/m..0../s1. The summed E-state index contributed by atoms with van der Waals surface area (Å²) in [5.41, 5.74) is 25.4. The van der Waals surface area contributed by atoms with Crippen molar-refractivity contribution in [1.29, 1.82) is 5.41 Å². The number of hydrogen-bond acceptors (Lipinski definition) is 12. The van der Waals surface area contributed by atoms with Crippen molar-refractivity contribution >= 4 is 41.8 Å². The van der Waals surface area contributed by atoms with Crippen LogP contribution in [0.2, 0.25) is 0 Å². The van der Waals surface area contributed by atoms with Gasteiger partial charge in [0.2, 0.25) is 0 Å². The molecule has 20 nitrogen and oxygen atoms in total. The number of rotatable bonds is 14. The molecule has 0 amide bonds. The highest BCUT2D eigenvalue weighted by Gasteiger charge is 2.20. The van der Waals surface area contributed by atoms with E-state index in [4.69, 9.17) is 64.7 Å². The van der Waals surface area contributed by atoms with Gasteiger partial charge in [0.1, 0.15) is 30.2 Å². The first-order valence-corrected chi connectivity index (χ1v) is 14.2. The summed E-state index contributed by atoms with van der Waals surface area (Å²) in [5.74, 6) is -5.80. The minimum atomic E-state index is -1.29. The van der Waals surface area contributed by atoms with Crippen LogP contribution in [0.3, 0.4) is 0 Å². The number of nitrogens with two attached hydrogens (primary N) is 5. The van der Waals surface area contributed by atoms with E-state index in [9.17, 15) is 28.8 Å². The van der Waals surface area contributed by atoms with Gasteiger partial charge in [-0.15, -0.1) is 0 Å². The molecule has 19 N–H and O–H groups in total. The van der Waals surface area contributed by atoms with Crippen LogP contribution < -0.4 is 39.3 Å². The second-order valence-electron chi connectivity index (χ2n) is 10.6. The van der Waals surface area contributed by atoms with Gasteiger partial charge in [0.25, 0.3) is 0 Å². The van der Waals surface area contributed by atoms with Gasteiger partial charge in [-0.2, -0.15) is 0 Å². The van der Waals surface area contributed by atoms with Crippen molar-refractivity contribution in [2.45, 2.75) is 96.4 Å². The number of carbonyl (C=O) groups is 6. The average molecular weight is 671 g/mol. The van der Waals surface area contributed by atoms with Gasteiger partial charge in [-0.05, 0) is 50.5 Å². The molecule has 5 atom stereocenters. The molecule has 0 aromatic heterocycles. The van der Waals surface area contributed by atoms with Crippen molar-refractivity contribution in [3.8, 4) is 0 Å². The lowest BCUT2D eigenvalue weighted by Crippen LogP contribution is -2.34. The third-order valence-corrected chi connectivity index (χ3v) is 5.44. The summed E-state index contributed by atoms with van der Waals surface area (Å²) in [6.07, 6.45) is 2.78. The van der Waals surface area contributed by atoms with Gasteiger partial charge in [-0.25, -0.2) is 0 Å². The highest BCUT2D eigenvalue weighted by atomic mass is 16.4. The van der Waals surface area contributed by atoms with E-state index in [2.05, 4.69) is 10.6 Å². The zero-order chi connectivity index (χ0) is 37.2. The molecule has 1 aliphatic rings. The number of guanidine groups is 1. The molecule has 4 unspecified atom stereocenters. The summed E-state index contributed by atoms with van der Waals surface area (Å²) in [6, 6.07) is -3.78. The number of hydrogen-bond donors (Lipinski definition) is 14. The summed E-state index contributed by atoms with van der Waals surface area (Å²) in [7, 11) is 0. The van der Waals surface area contributed by atoms with Crippen molar-refractivity contribution in [2.75, 3.05) is 13.1 Å². The monoisotopic (exact) mass is 670 g/mol. The molecule has 1 heterocycles. The van der Waals surface area contributed by atoms with Gasteiger partial charge in [-0.3, -0.25) is 34.2 Å². The van der Waals surface area contributed by atoms with Crippen LogP contribution in [0.15, 0.2) is 0 Å². The molecule has 0 saturated carbocycles. The molecule has 0 aromatic rings.